The normalized spacial score (nSPS) is 37.1. The van der Waals surface area contributed by atoms with Gasteiger partial charge in [-0.2, -0.15) is 0 Å². The van der Waals surface area contributed by atoms with Crippen LogP contribution >= 0.6 is 0 Å². The fraction of sp³-hybridized carbons (Fsp3) is 0.769. The smallest absolute Gasteiger partial charge is 0.245 e. The first kappa shape index (κ1) is 11.6. The van der Waals surface area contributed by atoms with Gasteiger partial charge in [0.25, 0.3) is 0 Å². The van der Waals surface area contributed by atoms with Crippen molar-refractivity contribution in [1.82, 2.24) is 4.90 Å². The maximum Gasteiger partial charge on any atom is 0.245 e. The lowest BCUT2D eigenvalue weighted by atomic mass is 9.66. The first-order chi connectivity index (χ1) is 7.49. The van der Waals surface area contributed by atoms with Crippen LogP contribution in [0.2, 0.25) is 0 Å². The molecule has 0 spiro atoms. The minimum atomic E-state index is 0.00767. The molecule has 3 heteroatoms. The lowest BCUT2D eigenvalue weighted by Crippen LogP contribution is -2.53. The molecule has 2 aliphatic heterocycles. The fourth-order valence-electron chi connectivity index (χ4n) is 2.87. The molecule has 1 saturated carbocycles. The van der Waals surface area contributed by atoms with Crippen molar-refractivity contribution in [3.8, 4) is 0 Å². The molecule has 0 atom stereocenters. The molecule has 0 unspecified atom stereocenters. The summed E-state index contributed by atoms with van der Waals surface area (Å²) < 4.78 is 5.92. The van der Waals surface area contributed by atoms with Crippen molar-refractivity contribution in [2.75, 3.05) is 20.2 Å². The summed E-state index contributed by atoms with van der Waals surface area (Å²) >= 11 is 0. The molecule has 0 N–H and O–H groups in total. The Bertz CT molecular complexity index is 287. The van der Waals surface area contributed by atoms with Gasteiger partial charge >= 0.3 is 0 Å². The summed E-state index contributed by atoms with van der Waals surface area (Å²) in [5, 5.41) is 0. The van der Waals surface area contributed by atoms with Crippen molar-refractivity contribution >= 4 is 5.91 Å². The predicted molar refractivity (Wildman–Crippen MR) is 63.1 cm³/mol. The van der Waals surface area contributed by atoms with Crippen LogP contribution in [0.3, 0.4) is 0 Å². The minimum absolute atomic E-state index is 0.00767. The highest BCUT2D eigenvalue weighted by Crippen LogP contribution is 2.48. The first-order valence-corrected chi connectivity index (χ1v) is 6.00. The molecule has 0 aromatic rings. The zero-order chi connectivity index (χ0) is 11.8. The highest BCUT2D eigenvalue weighted by Gasteiger charge is 2.47. The van der Waals surface area contributed by atoms with E-state index in [9.17, 15) is 4.79 Å². The Balaban J connectivity index is 2.00. The average Bonchev–Trinajstić information content (AvgIpc) is 2.30. The lowest BCUT2D eigenvalue weighted by Gasteiger charge is -2.52. The van der Waals surface area contributed by atoms with Gasteiger partial charge < -0.3 is 9.64 Å². The van der Waals surface area contributed by atoms with E-state index in [1.165, 1.54) is 18.9 Å². The van der Waals surface area contributed by atoms with Crippen LogP contribution in [0.25, 0.3) is 0 Å². The van der Waals surface area contributed by atoms with Gasteiger partial charge in [-0.1, -0.05) is 6.58 Å². The van der Waals surface area contributed by atoms with E-state index in [1.54, 1.807) is 4.90 Å². The molecule has 1 aliphatic carbocycles. The lowest BCUT2D eigenvalue weighted by molar-refractivity contribution is -0.179. The Hall–Kier alpha value is -0.830. The molecule has 0 aromatic heterocycles. The third-order valence-corrected chi connectivity index (χ3v) is 4.22. The van der Waals surface area contributed by atoms with Gasteiger partial charge in [-0.05, 0) is 38.7 Å². The van der Waals surface area contributed by atoms with E-state index in [0.717, 1.165) is 26.0 Å². The number of carbonyl (C=O) groups is 1. The molecular weight excluding hydrogens is 202 g/mol. The van der Waals surface area contributed by atoms with Crippen LogP contribution in [0.15, 0.2) is 12.7 Å². The second-order valence-electron chi connectivity index (χ2n) is 5.64. The Morgan fingerprint density at radius 3 is 2.50 bits per heavy atom. The summed E-state index contributed by atoms with van der Waals surface area (Å²) in [6.07, 6.45) is 6.00. The molecule has 3 nitrogen and oxygen atoms in total. The second-order valence-corrected chi connectivity index (χ2v) is 5.64. The molecule has 2 bridgehead atoms. The highest BCUT2D eigenvalue weighted by molar-refractivity contribution is 5.86. The quantitative estimate of drug-likeness (QED) is 0.685. The summed E-state index contributed by atoms with van der Waals surface area (Å²) in [6, 6.07) is 0. The number of rotatable bonds is 3. The van der Waals surface area contributed by atoms with E-state index in [2.05, 4.69) is 13.5 Å². The molecule has 16 heavy (non-hydrogen) atoms. The molecule has 1 amide bonds. The summed E-state index contributed by atoms with van der Waals surface area (Å²) in [5.41, 5.74) is 0.313. The van der Waals surface area contributed by atoms with Crippen LogP contribution in [0.4, 0.5) is 0 Å². The third-order valence-electron chi connectivity index (χ3n) is 4.22. The number of likely N-dealkylation sites (N-methyl/N-ethyl adjacent to an activating group) is 1. The second kappa shape index (κ2) is 3.88. The maximum atomic E-state index is 11.5. The fourth-order valence-corrected chi connectivity index (χ4v) is 2.87. The van der Waals surface area contributed by atoms with Crippen LogP contribution in [0, 0.1) is 5.41 Å². The molecule has 0 radical (unpaired) electrons. The number of hydrogen-bond donors (Lipinski definition) is 0. The van der Waals surface area contributed by atoms with Crippen molar-refractivity contribution < 1.29 is 9.53 Å². The molecule has 3 aliphatic rings. The van der Waals surface area contributed by atoms with Gasteiger partial charge in [0.15, 0.2) is 0 Å². The van der Waals surface area contributed by atoms with Crippen LogP contribution in [0.5, 0.6) is 0 Å². The summed E-state index contributed by atoms with van der Waals surface area (Å²) in [6.45, 7) is 7.33. The van der Waals surface area contributed by atoms with Gasteiger partial charge in [0, 0.05) is 19.0 Å². The summed E-state index contributed by atoms with van der Waals surface area (Å²) in [5.74, 6) is 0.00767. The van der Waals surface area contributed by atoms with E-state index in [-0.39, 0.29) is 16.9 Å². The molecule has 3 fully saturated rings. The number of hydrogen-bond acceptors (Lipinski definition) is 2. The average molecular weight is 223 g/mol. The standard InChI is InChI=1S/C13H21NO2/c1-4-11(15)14(3)9-13-7-5-12(2,6-8-13)16-10-13/h4H,1,5-10H2,2-3H3. The number of amides is 1. The van der Waals surface area contributed by atoms with Gasteiger partial charge in [-0.3, -0.25) is 4.79 Å². The van der Waals surface area contributed by atoms with E-state index in [1.807, 2.05) is 7.05 Å². The van der Waals surface area contributed by atoms with E-state index < -0.39 is 0 Å². The van der Waals surface area contributed by atoms with Gasteiger partial charge in [0.1, 0.15) is 0 Å². The zero-order valence-corrected chi connectivity index (χ0v) is 10.3. The number of nitrogens with zero attached hydrogens (tertiary/aromatic N) is 1. The van der Waals surface area contributed by atoms with Crippen LogP contribution < -0.4 is 0 Å². The van der Waals surface area contributed by atoms with E-state index in [0.29, 0.717) is 0 Å². The number of ether oxygens (including phenoxy) is 1. The van der Waals surface area contributed by atoms with Gasteiger partial charge in [-0.25, -0.2) is 0 Å². The van der Waals surface area contributed by atoms with Crippen molar-refractivity contribution in [3.63, 3.8) is 0 Å². The van der Waals surface area contributed by atoms with Crippen LogP contribution in [-0.4, -0.2) is 36.6 Å². The van der Waals surface area contributed by atoms with Crippen LogP contribution in [-0.2, 0) is 9.53 Å². The van der Waals surface area contributed by atoms with Crippen LogP contribution in [0.1, 0.15) is 32.6 Å². The molecular formula is C13H21NO2. The van der Waals surface area contributed by atoms with Crippen molar-refractivity contribution in [3.05, 3.63) is 12.7 Å². The first-order valence-electron chi connectivity index (χ1n) is 6.00. The molecule has 2 heterocycles. The largest absolute Gasteiger partial charge is 0.375 e. The SMILES string of the molecule is C=CC(=O)N(C)CC12CCC(C)(CC1)OC2. The molecule has 3 rings (SSSR count). The Labute approximate surface area is 97.5 Å². The number of carbonyl (C=O) groups excluding carboxylic acids is 1. The summed E-state index contributed by atoms with van der Waals surface area (Å²) in [7, 11) is 1.85. The Kier molecular flexibility index (Phi) is 2.82. The maximum absolute atomic E-state index is 11.5. The zero-order valence-electron chi connectivity index (χ0n) is 10.3. The topological polar surface area (TPSA) is 29.5 Å². The summed E-state index contributed by atoms with van der Waals surface area (Å²) in [4.78, 5) is 13.3. The van der Waals surface area contributed by atoms with Gasteiger partial charge in [-0.15, -0.1) is 0 Å². The van der Waals surface area contributed by atoms with E-state index >= 15 is 0 Å². The Morgan fingerprint density at radius 2 is 2.06 bits per heavy atom. The minimum Gasteiger partial charge on any atom is -0.375 e. The molecule has 90 valence electrons. The Morgan fingerprint density at radius 1 is 1.44 bits per heavy atom. The van der Waals surface area contributed by atoms with Crippen molar-refractivity contribution in [2.24, 2.45) is 5.41 Å². The third kappa shape index (κ3) is 2.01. The molecule has 2 saturated heterocycles. The van der Waals surface area contributed by atoms with Gasteiger partial charge in [0.2, 0.25) is 5.91 Å². The van der Waals surface area contributed by atoms with E-state index in [4.69, 9.17) is 4.74 Å². The highest BCUT2D eigenvalue weighted by atomic mass is 16.5. The predicted octanol–water partition coefficient (Wildman–Crippen LogP) is 1.98. The monoisotopic (exact) mass is 223 g/mol. The number of fused-ring (bicyclic) bond motifs is 3. The van der Waals surface area contributed by atoms with Crippen molar-refractivity contribution in [2.45, 2.75) is 38.2 Å². The van der Waals surface area contributed by atoms with Crippen molar-refractivity contribution in [1.29, 1.82) is 0 Å². The molecule has 0 aromatic carbocycles. The van der Waals surface area contributed by atoms with Gasteiger partial charge in [0.05, 0.1) is 12.2 Å².